The Morgan fingerprint density at radius 2 is 2.00 bits per heavy atom. The minimum atomic E-state index is -0.563. The lowest BCUT2D eigenvalue weighted by molar-refractivity contribution is -0.120. The highest BCUT2D eigenvalue weighted by Crippen LogP contribution is 2.28. The largest absolute Gasteiger partial charge is 0.508 e. The molecule has 128 valence electrons. The van der Waals surface area contributed by atoms with Gasteiger partial charge in [0.1, 0.15) is 11.3 Å². The zero-order valence-electron chi connectivity index (χ0n) is 14.0. The molecule has 6 nitrogen and oxygen atoms in total. The number of hydrogen-bond acceptors (Lipinski definition) is 5. The standard InChI is InChI=1S/C19H18N2O4/c1-11-14-6-7-16(22)12(2)18(14)25-19(24)15(11)9-17(23)21-10-13-5-3-4-8-20-13/h3-8,22H,9-10H2,1-2H3,(H,21,23). The number of carbonyl (C=O) groups excluding carboxylic acids is 1. The fourth-order valence-electron chi connectivity index (χ4n) is 2.70. The third-order valence-corrected chi connectivity index (χ3v) is 4.21. The number of phenolic OH excluding ortho intramolecular Hbond substituents is 1. The van der Waals surface area contributed by atoms with E-state index in [9.17, 15) is 14.7 Å². The molecule has 0 aliphatic rings. The number of hydrogen-bond donors (Lipinski definition) is 2. The van der Waals surface area contributed by atoms with E-state index >= 15 is 0 Å². The van der Waals surface area contributed by atoms with Gasteiger partial charge in [0.05, 0.1) is 24.2 Å². The first-order valence-electron chi connectivity index (χ1n) is 7.89. The molecule has 0 bridgehead atoms. The Kier molecular flexibility index (Phi) is 4.52. The molecule has 3 aromatic rings. The van der Waals surface area contributed by atoms with Crippen molar-refractivity contribution in [1.82, 2.24) is 10.3 Å². The lowest BCUT2D eigenvalue weighted by atomic mass is 10.0. The molecule has 0 spiro atoms. The predicted octanol–water partition coefficient (Wildman–Crippen LogP) is 2.37. The van der Waals surface area contributed by atoms with Gasteiger partial charge in [-0.3, -0.25) is 9.78 Å². The van der Waals surface area contributed by atoms with Gasteiger partial charge in [0.25, 0.3) is 0 Å². The van der Waals surface area contributed by atoms with Crippen LogP contribution in [0.25, 0.3) is 11.0 Å². The number of aryl methyl sites for hydroxylation is 2. The van der Waals surface area contributed by atoms with Crippen molar-refractivity contribution in [3.8, 4) is 5.75 Å². The minimum Gasteiger partial charge on any atom is -0.508 e. The van der Waals surface area contributed by atoms with Crippen molar-refractivity contribution >= 4 is 16.9 Å². The van der Waals surface area contributed by atoms with E-state index in [1.165, 1.54) is 0 Å². The Labute approximate surface area is 144 Å². The van der Waals surface area contributed by atoms with Crippen LogP contribution in [0.1, 0.15) is 22.4 Å². The summed E-state index contributed by atoms with van der Waals surface area (Å²) >= 11 is 0. The van der Waals surface area contributed by atoms with Gasteiger partial charge in [-0.2, -0.15) is 0 Å². The maximum atomic E-state index is 12.3. The summed E-state index contributed by atoms with van der Waals surface area (Å²) in [5.74, 6) is -0.216. The van der Waals surface area contributed by atoms with E-state index < -0.39 is 5.63 Å². The molecule has 0 aliphatic heterocycles. The van der Waals surface area contributed by atoms with Crippen molar-refractivity contribution in [1.29, 1.82) is 0 Å². The Hall–Kier alpha value is -3.15. The Balaban J connectivity index is 1.85. The summed E-state index contributed by atoms with van der Waals surface area (Å²) in [6, 6.07) is 8.69. The average Bonchev–Trinajstić information content (AvgIpc) is 2.61. The number of pyridine rings is 1. The number of benzene rings is 1. The molecule has 0 radical (unpaired) electrons. The summed E-state index contributed by atoms with van der Waals surface area (Å²) in [7, 11) is 0. The van der Waals surface area contributed by atoms with E-state index in [1.807, 2.05) is 12.1 Å². The zero-order valence-corrected chi connectivity index (χ0v) is 14.0. The van der Waals surface area contributed by atoms with Crippen molar-refractivity contribution in [3.63, 3.8) is 0 Å². The quantitative estimate of drug-likeness (QED) is 0.713. The number of aromatic nitrogens is 1. The van der Waals surface area contributed by atoms with Crippen molar-refractivity contribution in [2.75, 3.05) is 0 Å². The molecule has 0 atom stereocenters. The highest BCUT2D eigenvalue weighted by atomic mass is 16.4. The SMILES string of the molecule is Cc1c(CC(=O)NCc2ccccn2)c(=O)oc2c(C)c(O)ccc12. The number of phenols is 1. The fraction of sp³-hybridized carbons (Fsp3) is 0.211. The van der Waals surface area contributed by atoms with Crippen LogP contribution in [0, 0.1) is 13.8 Å². The van der Waals surface area contributed by atoms with Gasteiger partial charge in [0.2, 0.25) is 5.91 Å². The van der Waals surface area contributed by atoms with Crippen LogP contribution in [-0.4, -0.2) is 16.0 Å². The summed E-state index contributed by atoms with van der Waals surface area (Å²) in [6.45, 7) is 3.75. The van der Waals surface area contributed by atoms with Crippen molar-refractivity contribution in [2.24, 2.45) is 0 Å². The van der Waals surface area contributed by atoms with E-state index in [2.05, 4.69) is 10.3 Å². The first-order chi connectivity index (χ1) is 12.0. The van der Waals surface area contributed by atoms with Gasteiger partial charge in [0, 0.05) is 17.1 Å². The summed E-state index contributed by atoms with van der Waals surface area (Å²) in [4.78, 5) is 28.6. The fourth-order valence-corrected chi connectivity index (χ4v) is 2.70. The molecule has 6 heteroatoms. The highest BCUT2D eigenvalue weighted by Gasteiger charge is 2.17. The lowest BCUT2D eigenvalue weighted by Gasteiger charge is -2.10. The molecular formula is C19H18N2O4. The first-order valence-corrected chi connectivity index (χ1v) is 7.89. The number of rotatable bonds is 4. The van der Waals surface area contributed by atoms with Crippen LogP contribution >= 0.6 is 0 Å². The zero-order chi connectivity index (χ0) is 18.0. The van der Waals surface area contributed by atoms with Gasteiger partial charge in [-0.1, -0.05) is 6.07 Å². The Bertz CT molecular complexity index is 994. The molecule has 0 saturated carbocycles. The molecule has 25 heavy (non-hydrogen) atoms. The first kappa shape index (κ1) is 16.7. The lowest BCUT2D eigenvalue weighted by Crippen LogP contribution is -2.27. The Morgan fingerprint density at radius 1 is 1.20 bits per heavy atom. The number of fused-ring (bicyclic) bond motifs is 1. The summed E-state index contributed by atoms with van der Waals surface area (Å²) in [5.41, 5.74) is 2.03. The van der Waals surface area contributed by atoms with Crippen LogP contribution in [0.15, 0.2) is 45.7 Å². The van der Waals surface area contributed by atoms with Crippen LogP contribution < -0.4 is 10.9 Å². The van der Waals surface area contributed by atoms with Gasteiger partial charge < -0.3 is 14.8 Å². The number of aromatic hydroxyl groups is 1. The van der Waals surface area contributed by atoms with Crippen LogP contribution in [0.4, 0.5) is 0 Å². The van der Waals surface area contributed by atoms with E-state index in [0.29, 0.717) is 34.2 Å². The van der Waals surface area contributed by atoms with Crippen molar-refractivity contribution in [3.05, 3.63) is 69.3 Å². The third kappa shape index (κ3) is 3.38. The van der Waals surface area contributed by atoms with E-state index in [0.717, 1.165) is 5.69 Å². The molecule has 2 aromatic heterocycles. The molecule has 0 unspecified atom stereocenters. The summed E-state index contributed by atoms with van der Waals surface area (Å²) in [5, 5.41) is 13.2. The smallest absolute Gasteiger partial charge is 0.340 e. The number of nitrogens with zero attached hydrogens (tertiary/aromatic N) is 1. The van der Waals surface area contributed by atoms with Gasteiger partial charge >= 0.3 is 5.63 Å². The van der Waals surface area contributed by atoms with Gasteiger partial charge in [-0.05, 0) is 43.7 Å². The van der Waals surface area contributed by atoms with Crippen LogP contribution in [-0.2, 0) is 17.8 Å². The van der Waals surface area contributed by atoms with E-state index in [4.69, 9.17) is 4.42 Å². The summed E-state index contributed by atoms with van der Waals surface area (Å²) in [6.07, 6.45) is 1.58. The Morgan fingerprint density at radius 3 is 2.72 bits per heavy atom. The average molecular weight is 338 g/mol. The molecule has 0 fully saturated rings. The second-order valence-corrected chi connectivity index (χ2v) is 5.85. The molecular weight excluding hydrogens is 320 g/mol. The minimum absolute atomic E-state index is 0.0657. The van der Waals surface area contributed by atoms with Crippen LogP contribution in [0.3, 0.4) is 0 Å². The van der Waals surface area contributed by atoms with E-state index in [-0.39, 0.29) is 18.1 Å². The van der Waals surface area contributed by atoms with Crippen LogP contribution in [0.2, 0.25) is 0 Å². The highest BCUT2D eigenvalue weighted by molar-refractivity contribution is 5.87. The molecule has 2 heterocycles. The molecule has 1 amide bonds. The molecule has 0 saturated heterocycles. The van der Waals surface area contributed by atoms with E-state index in [1.54, 1.807) is 38.2 Å². The summed E-state index contributed by atoms with van der Waals surface area (Å²) < 4.78 is 5.34. The molecule has 0 aliphatic carbocycles. The second-order valence-electron chi connectivity index (χ2n) is 5.85. The molecule has 2 N–H and O–H groups in total. The second kappa shape index (κ2) is 6.76. The van der Waals surface area contributed by atoms with Crippen molar-refractivity contribution in [2.45, 2.75) is 26.8 Å². The molecule has 3 rings (SSSR count). The van der Waals surface area contributed by atoms with Crippen molar-refractivity contribution < 1.29 is 14.3 Å². The predicted molar refractivity (Wildman–Crippen MR) is 93.4 cm³/mol. The third-order valence-electron chi connectivity index (χ3n) is 4.21. The maximum absolute atomic E-state index is 12.3. The number of carbonyl (C=O) groups is 1. The topological polar surface area (TPSA) is 92.4 Å². The monoisotopic (exact) mass is 338 g/mol. The molecule has 1 aromatic carbocycles. The normalized spacial score (nSPS) is 10.8. The number of nitrogens with one attached hydrogen (secondary N) is 1. The van der Waals surface area contributed by atoms with Gasteiger partial charge in [-0.15, -0.1) is 0 Å². The van der Waals surface area contributed by atoms with Crippen LogP contribution in [0.5, 0.6) is 5.75 Å². The van der Waals surface area contributed by atoms with Gasteiger partial charge in [0.15, 0.2) is 0 Å². The maximum Gasteiger partial charge on any atom is 0.340 e. The number of amides is 1. The van der Waals surface area contributed by atoms with Gasteiger partial charge in [-0.25, -0.2) is 4.79 Å².